The Morgan fingerprint density at radius 1 is 1.25 bits per heavy atom. The molecule has 0 radical (unpaired) electrons. The summed E-state index contributed by atoms with van der Waals surface area (Å²) in [7, 11) is 3.79. The number of carbonyl (C=O) groups excluding carboxylic acids is 1. The molecule has 5 heteroatoms. The highest BCUT2D eigenvalue weighted by Gasteiger charge is 2.36. The zero-order valence-corrected chi connectivity index (χ0v) is 15.7. The van der Waals surface area contributed by atoms with Gasteiger partial charge < -0.3 is 14.4 Å². The summed E-state index contributed by atoms with van der Waals surface area (Å²) in [5.41, 5.74) is 0.786. The van der Waals surface area contributed by atoms with E-state index >= 15 is 0 Å². The first-order valence-corrected chi connectivity index (χ1v) is 8.50. The van der Waals surface area contributed by atoms with Crippen LogP contribution in [-0.4, -0.2) is 54.8 Å². The van der Waals surface area contributed by atoms with E-state index in [1.54, 1.807) is 7.11 Å². The first-order chi connectivity index (χ1) is 11.2. The van der Waals surface area contributed by atoms with Crippen LogP contribution in [0.2, 0.25) is 0 Å². The van der Waals surface area contributed by atoms with E-state index in [-0.39, 0.29) is 6.09 Å². The molecule has 1 fully saturated rings. The number of methoxy groups -OCH3 is 1. The molecule has 1 aromatic carbocycles. The highest BCUT2D eigenvalue weighted by molar-refractivity contribution is 5.68. The normalized spacial score (nSPS) is 21.2. The summed E-state index contributed by atoms with van der Waals surface area (Å²) >= 11 is 0. The number of hydrogen-bond donors (Lipinski definition) is 0. The number of rotatable bonds is 4. The predicted octanol–water partition coefficient (Wildman–Crippen LogP) is 3.38. The average Bonchev–Trinajstić information content (AvgIpc) is 2.88. The summed E-state index contributed by atoms with van der Waals surface area (Å²) in [6.07, 6.45) is -0.213. The van der Waals surface area contributed by atoms with Crippen LogP contribution in [0.15, 0.2) is 24.3 Å². The largest absolute Gasteiger partial charge is 0.497 e. The fourth-order valence-electron chi connectivity index (χ4n) is 3.14. The molecule has 1 heterocycles. The molecule has 0 bridgehead atoms. The molecule has 5 nitrogen and oxygen atoms in total. The Balaban J connectivity index is 1.94. The minimum absolute atomic E-state index is 0.213. The van der Waals surface area contributed by atoms with Crippen molar-refractivity contribution >= 4 is 6.09 Å². The molecule has 0 saturated carbocycles. The Morgan fingerprint density at radius 3 is 2.42 bits per heavy atom. The van der Waals surface area contributed by atoms with Crippen LogP contribution < -0.4 is 4.74 Å². The topological polar surface area (TPSA) is 42.0 Å². The first kappa shape index (κ1) is 18.6. The quantitative estimate of drug-likeness (QED) is 0.846. The molecule has 24 heavy (non-hydrogen) atoms. The number of likely N-dealkylation sites (N-methyl/N-ethyl adjacent to an activating group) is 1. The Kier molecular flexibility index (Phi) is 5.75. The van der Waals surface area contributed by atoms with Gasteiger partial charge in [-0.25, -0.2) is 4.79 Å². The minimum atomic E-state index is -0.451. The van der Waals surface area contributed by atoms with Crippen LogP contribution in [0.4, 0.5) is 4.79 Å². The first-order valence-electron chi connectivity index (χ1n) is 8.50. The third-order valence-electron chi connectivity index (χ3n) is 4.38. The Hall–Kier alpha value is -1.75. The summed E-state index contributed by atoms with van der Waals surface area (Å²) in [5, 5.41) is 0. The second-order valence-corrected chi connectivity index (χ2v) is 7.69. The molecule has 0 spiro atoms. The molecule has 1 aliphatic rings. The van der Waals surface area contributed by atoms with Gasteiger partial charge in [0.25, 0.3) is 0 Å². The van der Waals surface area contributed by atoms with Gasteiger partial charge in [0.1, 0.15) is 11.4 Å². The molecule has 2 rings (SSSR count). The highest BCUT2D eigenvalue weighted by Crippen LogP contribution is 2.24. The Morgan fingerprint density at radius 2 is 1.88 bits per heavy atom. The van der Waals surface area contributed by atoms with Crippen molar-refractivity contribution in [2.75, 3.05) is 27.2 Å². The summed E-state index contributed by atoms with van der Waals surface area (Å²) in [6, 6.07) is 8.46. The second-order valence-electron chi connectivity index (χ2n) is 7.69. The van der Waals surface area contributed by atoms with Crippen molar-refractivity contribution in [2.24, 2.45) is 5.92 Å². The van der Waals surface area contributed by atoms with Crippen molar-refractivity contribution in [3.8, 4) is 5.75 Å². The van der Waals surface area contributed by atoms with Crippen LogP contribution in [0, 0.1) is 5.92 Å². The molecule has 1 aromatic rings. The van der Waals surface area contributed by atoms with E-state index in [2.05, 4.69) is 31.0 Å². The van der Waals surface area contributed by atoms with Crippen molar-refractivity contribution < 1.29 is 14.3 Å². The summed E-state index contributed by atoms with van der Waals surface area (Å²) in [4.78, 5) is 16.4. The van der Waals surface area contributed by atoms with Crippen LogP contribution in [0.1, 0.15) is 33.3 Å². The molecule has 1 aliphatic heterocycles. The monoisotopic (exact) mass is 334 g/mol. The number of benzene rings is 1. The zero-order chi connectivity index (χ0) is 17.9. The van der Waals surface area contributed by atoms with Crippen LogP contribution in [0.25, 0.3) is 0 Å². The van der Waals surface area contributed by atoms with Gasteiger partial charge in [0, 0.05) is 25.7 Å². The number of hydrogen-bond acceptors (Lipinski definition) is 4. The van der Waals surface area contributed by atoms with E-state index in [4.69, 9.17) is 9.47 Å². The maximum Gasteiger partial charge on any atom is 0.410 e. The molecule has 0 N–H and O–H groups in total. The van der Waals surface area contributed by atoms with E-state index in [1.165, 1.54) is 5.56 Å². The number of amides is 1. The van der Waals surface area contributed by atoms with Crippen LogP contribution in [0.3, 0.4) is 0 Å². The maximum absolute atomic E-state index is 12.3. The van der Waals surface area contributed by atoms with E-state index < -0.39 is 5.60 Å². The molecular weight excluding hydrogens is 304 g/mol. The van der Waals surface area contributed by atoms with Crippen LogP contribution in [0.5, 0.6) is 5.75 Å². The van der Waals surface area contributed by atoms with E-state index in [0.29, 0.717) is 18.5 Å². The second kappa shape index (κ2) is 7.43. The number of likely N-dealkylation sites (tertiary alicyclic amines) is 1. The molecular formula is C19H30N2O3. The standard InChI is InChI=1S/C19H30N2O3/c1-14-11-21(18(22)24-19(2,3)4)13-17(14)20(5)12-15-7-9-16(23-6)10-8-15/h7-10,14,17H,11-13H2,1-6H3. The molecule has 2 unspecified atom stereocenters. The molecule has 1 saturated heterocycles. The predicted molar refractivity (Wildman–Crippen MR) is 95.2 cm³/mol. The molecule has 1 amide bonds. The van der Waals surface area contributed by atoms with Gasteiger partial charge in [0.15, 0.2) is 0 Å². The highest BCUT2D eigenvalue weighted by atomic mass is 16.6. The fourth-order valence-corrected chi connectivity index (χ4v) is 3.14. The molecule has 0 aliphatic carbocycles. The van der Waals surface area contributed by atoms with Gasteiger partial charge in [0.05, 0.1) is 7.11 Å². The van der Waals surface area contributed by atoms with E-state index in [1.807, 2.05) is 37.8 Å². The van der Waals surface area contributed by atoms with Crippen molar-refractivity contribution in [1.82, 2.24) is 9.80 Å². The third-order valence-corrected chi connectivity index (χ3v) is 4.38. The Labute approximate surface area is 145 Å². The van der Waals surface area contributed by atoms with Crippen molar-refractivity contribution in [1.29, 1.82) is 0 Å². The minimum Gasteiger partial charge on any atom is -0.497 e. The van der Waals surface area contributed by atoms with E-state index in [9.17, 15) is 4.79 Å². The van der Waals surface area contributed by atoms with Gasteiger partial charge in [-0.2, -0.15) is 0 Å². The van der Waals surface area contributed by atoms with Crippen molar-refractivity contribution in [3.05, 3.63) is 29.8 Å². The summed E-state index contributed by atoms with van der Waals surface area (Å²) < 4.78 is 10.7. The molecule has 2 atom stereocenters. The molecule has 0 aromatic heterocycles. The van der Waals surface area contributed by atoms with Crippen LogP contribution in [-0.2, 0) is 11.3 Å². The van der Waals surface area contributed by atoms with Gasteiger partial charge in [-0.05, 0) is 51.4 Å². The lowest BCUT2D eigenvalue weighted by Crippen LogP contribution is -2.39. The zero-order valence-electron chi connectivity index (χ0n) is 15.7. The summed E-state index contributed by atoms with van der Waals surface area (Å²) in [6.45, 7) is 10.2. The van der Waals surface area contributed by atoms with Gasteiger partial charge in [-0.3, -0.25) is 4.90 Å². The van der Waals surface area contributed by atoms with Gasteiger partial charge in [-0.15, -0.1) is 0 Å². The van der Waals surface area contributed by atoms with Gasteiger partial charge in [0.2, 0.25) is 0 Å². The van der Waals surface area contributed by atoms with Crippen LogP contribution >= 0.6 is 0 Å². The molecule has 134 valence electrons. The van der Waals surface area contributed by atoms with Crippen molar-refractivity contribution in [3.63, 3.8) is 0 Å². The lowest BCUT2D eigenvalue weighted by atomic mass is 10.0. The maximum atomic E-state index is 12.3. The summed E-state index contributed by atoms with van der Waals surface area (Å²) in [5.74, 6) is 1.28. The average molecular weight is 334 g/mol. The van der Waals surface area contributed by atoms with Crippen molar-refractivity contribution in [2.45, 2.75) is 45.9 Å². The van der Waals surface area contributed by atoms with E-state index in [0.717, 1.165) is 18.8 Å². The lowest BCUT2D eigenvalue weighted by molar-refractivity contribution is 0.0280. The lowest BCUT2D eigenvalue weighted by Gasteiger charge is -2.27. The van der Waals surface area contributed by atoms with Gasteiger partial charge in [-0.1, -0.05) is 19.1 Å². The fraction of sp³-hybridized carbons (Fsp3) is 0.632. The third kappa shape index (κ3) is 4.87. The number of nitrogens with zero attached hydrogens (tertiary/aromatic N) is 2. The SMILES string of the molecule is COc1ccc(CN(C)C2CN(C(=O)OC(C)(C)C)CC2C)cc1. The Bertz CT molecular complexity index is 551. The number of carbonyl (C=O) groups is 1. The number of ether oxygens (including phenoxy) is 2. The smallest absolute Gasteiger partial charge is 0.410 e. The van der Waals surface area contributed by atoms with Gasteiger partial charge >= 0.3 is 6.09 Å².